The van der Waals surface area contributed by atoms with Crippen molar-refractivity contribution in [2.24, 2.45) is 0 Å². The Labute approximate surface area is 106 Å². The van der Waals surface area contributed by atoms with E-state index in [1.807, 2.05) is 18.2 Å². The standard InChI is InChI=1S/C10H11BrN4S/c1-2-15(10-14-13-9(11)16-10)7-8-5-3-4-6-12-8/h3-6H,2,7H2,1H3. The van der Waals surface area contributed by atoms with Crippen LogP contribution < -0.4 is 4.90 Å². The van der Waals surface area contributed by atoms with E-state index in [0.717, 1.165) is 27.8 Å². The number of anilines is 1. The molecule has 6 heteroatoms. The summed E-state index contributed by atoms with van der Waals surface area (Å²) in [6, 6.07) is 5.92. The molecule has 84 valence electrons. The van der Waals surface area contributed by atoms with Crippen molar-refractivity contribution >= 4 is 32.4 Å². The third kappa shape index (κ3) is 2.76. The van der Waals surface area contributed by atoms with Crippen molar-refractivity contribution in [3.63, 3.8) is 0 Å². The average Bonchev–Trinajstić information content (AvgIpc) is 2.74. The third-order valence-corrected chi connectivity index (χ3v) is 3.54. The number of hydrogen-bond acceptors (Lipinski definition) is 5. The smallest absolute Gasteiger partial charge is 0.209 e. The van der Waals surface area contributed by atoms with Gasteiger partial charge in [-0.15, -0.1) is 10.2 Å². The number of aromatic nitrogens is 3. The second-order valence-corrected chi connectivity index (χ2v) is 5.40. The maximum Gasteiger partial charge on any atom is 0.209 e. The monoisotopic (exact) mass is 298 g/mol. The first-order chi connectivity index (χ1) is 7.79. The van der Waals surface area contributed by atoms with Gasteiger partial charge in [-0.25, -0.2) is 0 Å². The van der Waals surface area contributed by atoms with Gasteiger partial charge in [0.1, 0.15) is 0 Å². The maximum atomic E-state index is 4.30. The van der Waals surface area contributed by atoms with E-state index in [2.05, 4.69) is 42.9 Å². The fraction of sp³-hybridized carbons (Fsp3) is 0.300. The van der Waals surface area contributed by atoms with Crippen molar-refractivity contribution < 1.29 is 0 Å². The van der Waals surface area contributed by atoms with Crippen LogP contribution >= 0.6 is 27.3 Å². The molecular weight excluding hydrogens is 288 g/mol. The number of hydrogen-bond donors (Lipinski definition) is 0. The molecule has 0 fully saturated rings. The van der Waals surface area contributed by atoms with Gasteiger partial charge in [0.25, 0.3) is 0 Å². The highest BCUT2D eigenvalue weighted by atomic mass is 79.9. The molecule has 0 radical (unpaired) electrons. The van der Waals surface area contributed by atoms with Gasteiger partial charge >= 0.3 is 0 Å². The molecule has 16 heavy (non-hydrogen) atoms. The summed E-state index contributed by atoms with van der Waals surface area (Å²) in [5, 5.41) is 8.97. The summed E-state index contributed by atoms with van der Waals surface area (Å²) in [5.74, 6) is 0. The van der Waals surface area contributed by atoms with Gasteiger partial charge < -0.3 is 4.90 Å². The minimum atomic E-state index is 0.763. The van der Waals surface area contributed by atoms with Crippen LogP contribution in [0.2, 0.25) is 0 Å². The van der Waals surface area contributed by atoms with Crippen LogP contribution in [0.25, 0.3) is 0 Å². The topological polar surface area (TPSA) is 41.9 Å². The van der Waals surface area contributed by atoms with Crippen LogP contribution in [-0.2, 0) is 6.54 Å². The molecule has 4 nitrogen and oxygen atoms in total. The molecule has 2 rings (SSSR count). The molecule has 2 aromatic rings. The molecule has 2 heterocycles. The van der Waals surface area contributed by atoms with Crippen LogP contribution in [0.4, 0.5) is 5.13 Å². The van der Waals surface area contributed by atoms with Crippen molar-refractivity contribution in [2.75, 3.05) is 11.4 Å². The molecule has 0 saturated heterocycles. The largest absolute Gasteiger partial charge is 0.341 e. The molecule has 0 aliphatic rings. The van der Waals surface area contributed by atoms with Crippen LogP contribution in [0.3, 0.4) is 0 Å². The first kappa shape index (κ1) is 11.5. The van der Waals surface area contributed by atoms with E-state index in [0.29, 0.717) is 0 Å². The van der Waals surface area contributed by atoms with Crippen molar-refractivity contribution in [3.8, 4) is 0 Å². The number of halogens is 1. The van der Waals surface area contributed by atoms with E-state index >= 15 is 0 Å². The van der Waals surface area contributed by atoms with E-state index in [4.69, 9.17) is 0 Å². The predicted molar refractivity (Wildman–Crippen MR) is 68.6 cm³/mol. The third-order valence-electron chi connectivity index (χ3n) is 2.12. The average molecular weight is 299 g/mol. The van der Waals surface area contributed by atoms with Gasteiger partial charge in [-0.2, -0.15) is 0 Å². The molecule has 0 aliphatic carbocycles. The van der Waals surface area contributed by atoms with Crippen molar-refractivity contribution in [3.05, 3.63) is 34.0 Å². The molecule has 0 bridgehead atoms. The minimum absolute atomic E-state index is 0.763. The lowest BCUT2D eigenvalue weighted by Crippen LogP contribution is -2.22. The summed E-state index contributed by atoms with van der Waals surface area (Å²) in [4.78, 5) is 6.45. The second kappa shape index (κ2) is 5.36. The first-order valence-electron chi connectivity index (χ1n) is 4.93. The highest BCUT2D eigenvalue weighted by Gasteiger charge is 2.10. The lowest BCUT2D eigenvalue weighted by molar-refractivity contribution is 0.795. The molecule has 0 N–H and O–H groups in total. The highest BCUT2D eigenvalue weighted by molar-refractivity contribution is 9.11. The summed E-state index contributed by atoms with van der Waals surface area (Å²) in [5.41, 5.74) is 1.04. The first-order valence-corrected chi connectivity index (χ1v) is 6.54. The van der Waals surface area contributed by atoms with E-state index in [-0.39, 0.29) is 0 Å². The zero-order valence-electron chi connectivity index (χ0n) is 8.80. The van der Waals surface area contributed by atoms with Crippen LogP contribution in [0.1, 0.15) is 12.6 Å². The SMILES string of the molecule is CCN(Cc1ccccn1)c1nnc(Br)s1. The summed E-state index contributed by atoms with van der Waals surface area (Å²) in [7, 11) is 0. The molecular formula is C10H11BrN4S. The van der Waals surface area contributed by atoms with E-state index in [1.165, 1.54) is 11.3 Å². The van der Waals surface area contributed by atoms with Gasteiger partial charge in [0.15, 0.2) is 3.92 Å². The normalized spacial score (nSPS) is 10.4. The lowest BCUT2D eigenvalue weighted by atomic mass is 10.3. The van der Waals surface area contributed by atoms with Gasteiger partial charge in [-0.1, -0.05) is 17.4 Å². The van der Waals surface area contributed by atoms with E-state index < -0.39 is 0 Å². The Hall–Kier alpha value is -1.01. The molecule has 0 unspecified atom stereocenters. The van der Waals surface area contributed by atoms with E-state index in [9.17, 15) is 0 Å². The lowest BCUT2D eigenvalue weighted by Gasteiger charge is -2.18. The Morgan fingerprint density at radius 2 is 2.25 bits per heavy atom. The van der Waals surface area contributed by atoms with Gasteiger partial charge in [0.05, 0.1) is 12.2 Å². The summed E-state index contributed by atoms with van der Waals surface area (Å²) in [6.45, 7) is 3.75. The maximum absolute atomic E-state index is 4.30. The van der Waals surface area contributed by atoms with Crippen molar-refractivity contribution in [1.29, 1.82) is 0 Å². The number of nitrogens with zero attached hydrogens (tertiary/aromatic N) is 4. The summed E-state index contributed by atoms with van der Waals surface area (Å²) < 4.78 is 0.807. The zero-order valence-corrected chi connectivity index (χ0v) is 11.2. The van der Waals surface area contributed by atoms with Gasteiger partial charge in [0, 0.05) is 12.7 Å². The Balaban J connectivity index is 2.12. The minimum Gasteiger partial charge on any atom is -0.341 e. The fourth-order valence-electron chi connectivity index (χ4n) is 1.33. The van der Waals surface area contributed by atoms with Crippen LogP contribution in [0.5, 0.6) is 0 Å². The summed E-state index contributed by atoms with van der Waals surface area (Å²) in [6.07, 6.45) is 1.80. The number of rotatable bonds is 4. The zero-order chi connectivity index (χ0) is 11.4. The van der Waals surface area contributed by atoms with Crippen LogP contribution in [0.15, 0.2) is 28.3 Å². The van der Waals surface area contributed by atoms with Crippen molar-refractivity contribution in [1.82, 2.24) is 15.2 Å². The van der Waals surface area contributed by atoms with Gasteiger partial charge in [0.2, 0.25) is 5.13 Å². The quantitative estimate of drug-likeness (QED) is 0.870. The molecule has 0 spiro atoms. The van der Waals surface area contributed by atoms with E-state index in [1.54, 1.807) is 6.20 Å². The fourth-order valence-corrected chi connectivity index (χ4v) is 2.48. The summed E-state index contributed by atoms with van der Waals surface area (Å²) >= 11 is 4.85. The molecule has 0 aromatic carbocycles. The Bertz CT molecular complexity index is 445. The Morgan fingerprint density at radius 1 is 1.38 bits per heavy atom. The highest BCUT2D eigenvalue weighted by Crippen LogP contribution is 2.24. The Kier molecular flexibility index (Phi) is 3.84. The molecule has 0 atom stereocenters. The van der Waals surface area contributed by atoms with Gasteiger partial charge in [-0.05, 0) is 35.0 Å². The van der Waals surface area contributed by atoms with Crippen molar-refractivity contribution in [2.45, 2.75) is 13.5 Å². The molecule has 0 amide bonds. The molecule has 0 saturated carbocycles. The van der Waals surface area contributed by atoms with Crippen LogP contribution in [-0.4, -0.2) is 21.7 Å². The predicted octanol–water partition coefficient (Wildman–Crippen LogP) is 2.72. The number of pyridine rings is 1. The molecule has 0 aliphatic heterocycles. The second-order valence-electron chi connectivity index (χ2n) is 3.17. The van der Waals surface area contributed by atoms with Crippen LogP contribution in [0, 0.1) is 0 Å². The Morgan fingerprint density at radius 3 is 2.81 bits per heavy atom. The van der Waals surface area contributed by atoms with Gasteiger partial charge in [-0.3, -0.25) is 4.98 Å². The molecule has 2 aromatic heterocycles.